The Morgan fingerprint density at radius 1 is 1.06 bits per heavy atom. The summed E-state index contributed by atoms with van der Waals surface area (Å²) in [5.41, 5.74) is 6.72. The van der Waals surface area contributed by atoms with E-state index in [1.165, 1.54) is 0 Å². The van der Waals surface area contributed by atoms with E-state index < -0.39 is 0 Å². The Kier molecular flexibility index (Phi) is 4.73. The van der Waals surface area contributed by atoms with Crippen molar-refractivity contribution in [3.63, 3.8) is 0 Å². The number of carbonyl (C=O) groups is 1. The molecule has 0 aliphatic rings. The van der Waals surface area contributed by atoms with E-state index in [0.29, 0.717) is 5.56 Å². The molecule has 0 saturated carbocycles. The molecule has 0 aliphatic carbocycles. The maximum absolute atomic E-state index is 10.5. The summed E-state index contributed by atoms with van der Waals surface area (Å²) in [6.07, 6.45) is 3.50. The highest BCUT2D eigenvalue weighted by Crippen LogP contribution is 2.00. The second kappa shape index (κ2) is 6.35. The van der Waals surface area contributed by atoms with Crippen LogP contribution in [0.4, 0.5) is 0 Å². The van der Waals surface area contributed by atoms with Crippen molar-refractivity contribution >= 4 is 5.91 Å². The van der Waals surface area contributed by atoms with Crippen molar-refractivity contribution in [2.24, 2.45) is 5.73 Å². The lowest BCUT2D eigenvalue weighted by molar-refractivity contribution is 0.100. The molecule has 3 heteroatoms. The van der Waals surface area contributed by atoms with Gasteiger partial charge in [0.15, 0.2) is 0 Å². The Hall–Kier alpha value is -2.16. The average Bonchev–Trinajstić information content (AvgIpc) is 2.32. The van der Waals surface area contributed by atoms with Crippen LogP contribution < -0.4 is 5.73 Å². The predicted molar refractivity (Wildman–Crippen MR) is 63.9 cm³/mol. The van der Waals surface area contributed by atoms with Crippen LogP contribution in [-0.4, -0.2) is 10.9 Å². The first-order valence-electron chi connectivity index (χ1n) is 4.91. The fourth-order valence-electron chi connectivity index (χ4n) is 1.03. The summed E-state index contributed by atoms with van der Waals surface area (Å²) in [7, 11) is 0. The van der Waals surface area contributed by atoms with Crippen LogP contribution in [0.5, 0.6) is 0 Å². The SMILES string of the molecule is Cc1ccc(C(N)=O)cc1.c1ccncc1. The van der Waals surface area contributed by atoms with Crippen molar-refractivity contribution in [3.8, 4) is 0 Å². The Morgan fingerprint density at radius 3 is 1.94 bits per heavy atom. The molecule has 0 atom stereocenters. The third kappa shape index (κ3) is 4.37. The van der Waals surface area contributed by atoms with E-state index in [0.717, 1.165) is 5.56 Å². The van der Waals surface area contributed by atoms with Crippen molar-refractivity contribution < 1.29 is 4.79 Å². The number of amides is 1. The predicted octanol–water partition coefficient (Wildman–Crippen LogP) is 2.18. The standard InChI is InChI=1S/C8H9NO.C5H5N/c1-6-2-4-7(5-3-6)8(9)10;1-2-4-6-5-3-1/h2-5H,1H3,(H2,9,10);1-5H. The maximum atomic E-state index is 10.5. The highest BCUT2D eigenvalue weighted by molar-refractivity contribution is 5.92. The molecule has 0 bridgehead atoms. The zero-order chi connectivity index (χ0) is 11.8. The summed E-state index contributed by atoms with van der Waals surface area (Å²) in [6, 6.07) is 12.9. The Labute approximate surface area is 94.9 Å². The minimum absolute atomic E-state index is 0.375. The first kappa shape index (κ1) is 11.9. The van der Waals surface area contributed by atoms with Gasteiger partial charge in [0.2, 0.25) is 5.91 Å². The van der Waals surface area contributed by atoms with Gasteiger partial charge in [0.1, 0.15) is 0 Å². The largest absolute Gasteiger partial charge is 0.366 e. The summed E-state index contributed by atoms with van der Waals surface area (Å²) in [5.74, 6) is -0.375. The van der Waals surface area contributed by atoms with Crippen LogP contribution in [0.3, 0.4) is 0 Å². The molecule has 1 heterocycles. The molecule has 2 rings (SSSR count). The first-order valence-corrected chi connectivity index (χ1v) is 4.91. The average molecular weight is 214 g/mol. The van der Waals surface area contributed by atoms with Crippen LogP contribution in [0.25, 0.3) is 0 Å². The van der Waals surface area contributed by atoms with Gasteiger partial charge in [-0.2, -0.15) is 0 Å². The maximum Gasteiger partial charge on any atom is 0.248 e. The van der Waals surface area contributed by atoms with Crippen molar-refractivity contribution in [1.29, 1.82) is 0 Å². The molecule has 1 aromatic heterocycles. The molecule has 0 spiro atoms. The van der Waals surface area contributed by atoms with Crippen LogP contribution >= 0.6 is 0 Å². The number of rotatable bonds is 1. The molecule has 1 amide bonds. The molecule has 16 heavy (non-hydrogen) atoms. The molecule has 2 N–H and O–H groups in total. The molecule has 3 nitrogen and oxygen atoms in total. The zero-order valence-electron chi connectivity index (χ0n) is 9.13. The van der Waals surface area contributed by atoms with Gasteiger partial charge >= 0.3 is 0 Å². The van der Waals surface area contributed by atoms with Crippen LogP contribution in [-0.2, 0) is 0 Å². The monoisotopic (exact) mass is 214 g/mol. The third-order valence-electron chi connectivity index (χ3n) is 1.90. The summed E-state index contributed by atoms with van der Waals surface area (Å²) < 4.78 is 0. The first-order chi connectivity index (χ1) is 7.70. The smallest absolute Gasteiger partial charge is 0.248 e. The van der Waals surface area contributed by atoms with E-state index in [2.05, 4.69) is 4.98 Å². The van der Waals surface area contributed by atoms with Crippen molar-refractivity contribution in [2.75, 3.05) is 0 Å². The van der Waals surface area contributed by atoms with E-state index in [-0.39, 0.29) is 5.91 Å². The van der Waals surface area contributed by atoms with E-state index >= 15 is 0 Å². The molecular weight excluding hydrogens is 200 g/mol. The van der Waals surface area contributed by atoms with Gasteiger partial charge in [-0.3, -0.25) is 9.78 Å². The van der Waals surface area contributed by atoms with Crippen LogP contribution in [0.15, 0.2) is 54.9 Å². The van der Waals surface area contributed by atoms with Crippen molar-refractivity contribution in [3.05, 3.63) is 66.0 Å². The molecule has 0 saturated heterocycles. The third-order valence-corrected chi connectivity index (χ3v) is 1.90. The molecule has 0 unspecified atom stereocenters. The van der Waals surface area contributed by atoms with E-state index in [1.807, 2.05) is 37.3 Å². The zero-order valence-corrected chi connectivity index (χ0v) is 9.13. The van der Waals surface area contributed by atoms with Gasteiger partial charge in [-0.15, -0.1) is 0 Å². The number of carbonyl (C=O) groups excluding carboxylic acids is 1. The van der Waals surface area contributed by atoms with Crippen LogP contribution in [0.1, 0.15) is 15.9 Å². The molecular formula is C13H14N2O. The number of aryl methyl sites for hydroxylation is 1. The lowest BCUT2D eigenvalue weighted by Crippen LogP contribution is -2.10. The van der Waals surface area contributed by atoms with Gasteiger partial charge < -0.3 is 5.73 Å². The lowest BCUT2D eigenvalue weighted by atomic mass is 10.1. The minimum Gasteiger partial charge on any atom is -0.366 e. The summed E-state index contributed by atoms with van der Waals surface area (Å²) in [6.45, 7) is 1.96. The van der Waals surface area contributed by atoms with Gasteiger partial charge in [0.25, 0.3) is 0 Å². The van der Waals surface area contributed by atoms with Gasteiger partial charge in [0.05, 0.1) is 0 Å². The summed E-state index contributed by atoms with van der Waals surface area (Å²) in [4.78, 5) is 14.3. The second-order valence-electron chi connectivity index (χ2n) is 3.25. The second-order valence-corrected chi connectivity index (χ2v) is 3.25. The van der Waals surface area contributed by atoms with E-state index in [9.17, 15) is 4.79 Å². The highest BCUT2D eigenvalue weighted by atomic mass is 16.1. The van der Waals surface area contributed by atoms with E-state index in [4.69, 9.17) is 5.73 Å². The molecule has 1 aromatic carbocycles. The van der Waals surface area contributed by atoms with Gasteiger partial charge in [0, 0.05) is 18.0 Å². The summed E-state index contributed by atoms with van der Waals surface area (Å²) >= 11 is 0. The number of hydrogen-bond donors (Lipinski definition) is 1. The van der Waals surface area contributed by atoms with Crippen molar-refractivity contribution in [2.45, 2.75) is 6.92 Å². The highest BCUT2D eigenvalue weighted by Gasteiger charge is 1.95. The number of benzene rings is 1. The molecule has 0 fully saturated rings. The van der Waals surface area contributed by atoms with Gasteiger partial charge in [-0.1, -0.05) is 23.8 Å². The number of pyridine rings is 1. The minimum atomic E-state index is -0.375. The summed E-state index contributed by atoms with van der Waals surface area (Å²) in [5, 5.41) is 0. The fraction of sp³-hybridized carbons (Fsp3) is 0.0769. The lowest BCUT2D eigenvalue weighted by Gasteiger charge is -1.93. The van der Waals surface area contributed by atoms with Crippen LogP contribution in [0, 0.1) is 6.92 Å². The van der Waals surface area contributed by atoms with Crippen LogP contribution in [0.2, 0.25) is 0 Å². The number of primary amides is 1. The number of aromatic nitrogens is 1. The Morgan fingerprint density at radius 2 is 1.62 bits per heavy atom. The van der Waals surface area contributed by atoms with E-state index in [1.54, 1.807) is 24.5 Å². The van der Waals surface area contributed by atoms with Gasteiger partial charge in [-0.25, -0.2) is 0 Å². The number of nitrogens with two attached hydrogens (primary N) is 1. The molecule has 2 aromatic rings. The number of hydrogen-bond acceptors (Lipinski definition) is 2. The van der Waals surface area contributed by atoms with Crippen molar-refractivity contribution in [1.82, 2.24) is 4.98 Å². The Balaban J connectivity index is 0.000000181. The normalized spacial score (nSPS) is 8.81. The Bertz CT molecular complexity index is 397. The number of nitrogens with zero attached hydrogens (tertiary/aromatic N) is 1. The topological polar surface area (TPSA) is 56.0 Å². The fourth-order valence-corrected chi connectivity index (χ4v) is 1.03. The van der Waals surface area contributed by atoms with Gasteiger partial charge in [-0.05, 0) is 31.2 Å². The quantitative estimate of drug-likeness (QED) is 0.791. The molecule has 0 radical (unpaired) electrons. The molecule has 82 valence electrons. The molecule has 0 aliphatic heterocycles.